The highest BCUT2D eigenvalue weighted by Gasteiger charge is 2.28. The summed E-state index contributed by atoms with van der Waals surface area (Å²) in [4.78, 5) is 15.2. The molecule has 0 aliphatic heterocycles. The van der Waals surface area contributed by atoms with Crippen molar-refractivity contribution < 1.29 is 22.7 Å². The Morgan fingerprint density at radius 2 is 2.05 bits per heavy atom. The third-order valence-corrected chi connectivity index (χ3v) is 2.02. The number of nitrogens with zero attached hydrogens (tertiary/aromatic N) is 1. The fraction of sp³-hybridized carbons (Fsp3) is 0.500. The van der Waals surface area contributed by atoms with Gasteiger partial charge in [0, 0.05) is 18.0 Å². The van der Waals surface area contributed by atoms with Gasteiger partial charge in [-0.25, -0.2) is 4.98 Å². The monoisotopic (exact) mass is 291 g/mol. The molecule has 1 heterocycles. The normalized spacial score (nSPS) is 12.1. The molecular weight excluding hydrogens is 275 g/mol. The molecule has 3 N–H and O–H groups in total. The highest BCUT2D eigenvalue weighted by molar-refractivity contribution is 5.91. The minimum absolute atomic E-state index is 0.110. The first-order valence-electron chi connectivity index (χ1n) is 5.79. The van der Waals surface area contributed by atoms with Gasteiger partial charge >= 0.3 is 6.18 Å². The van der Waals surface area contributed by atoms with Crippen LogP contribution in [-0.2, 0) is 4.79 Å². The van der Waals surface area contributed by atoms with Crippen LogP contribution in [0.5, 0.6) is 5.88 Å². The first-order valence-corrected chi connectivity index (χ1v) is 5.79. The second-order valence-electron chi connectivity index (χ2n) is 5.00. The lowest BCUT2D eigenvalue weighted by Crippen LogP contribution is -2.36. The van der Waals surface area contributed by atoms with E-state index < -0.39 is 18.3 Å². The van der Waals surface area contributed by atoms with Crippen LogP contribution in [0.4, 0.5) is 18.9 Å². The third kappa shape index (κ3) is 6.93. The van der Waals surface area contributed by atoms with Crippen molar-refractivity contribution >= 4 is 11.6 Å². The zero-order chi connectivity index (χ0) is 15.4. The molecule has 0 unspecified atom stereocenters. The molecule has 0 atom stereocenters. The van der Waals surface area contributed by atoms with Crippen molar-refractivity contribution in [2.75, 3.05) is 11.9 Å². The topological polar surface area (TPSA) is 77.2 Å². The van der Waals surface area contributed by atoms with Gasteiger partial charge in [0.15, 0.2) is 6.61 Å². The number of alkyl halides is 3. The fourth-order valence-electron chi connectivity index (χ4n) is 1.31. The quantitative estimate of drug-likeness (QED) is 0.871. The molecule has 0 fully saturated rings. The first kappa shape index (κ1) is 16.2. The van der Waals surface area contributed by atoms with Gasteiger partial charge in [-0.3, -0.25) is 4.79 Å². The van der Waals surface area contributed by atoms with Gasteiger partial charge in [-0.1, -0.05) is 0 Å². The Balaban J connectivity index is 2.52. The van der Waals surface area contributed by atoms with Crippen LogP contribution in [0.25, 0.3) is 0 Å². The summed E-state index contributed by atoms with van der Waals surface area (Å²) in [5.41, 5.74) is 5.41. The number of hydrogen-bond acceptors (Lipinski definition) is 4. The lowest BCUT2D eigenvalue weighted by atomic mass is 10.0. The molecule has 1 aromatic rings. The second-order valence-corrected chi connectivity index (χ2v) is 5.00. The number of nitrogens with one attached hydrogen (secondary N) is 1. The summed E-state index contributed by atoms with van der Waals surface area (Å²) in [6.07, 6.45) is -3.09. The molecule has 5 nitrogen and oxygen atoms in total. The number of hydrogen-bond donors (Lipinski definition) is 2. The molecule has 0 aliphatic rings. The van der Waals surface area contributed by atoms with E-state index in [1.807, 2.05) is 0 Å². The molecule has 20 heavy (non-hydrogen) atoms. The molecular formula is C12H16F3N3O2. The van der Waals surface area contributed by atoms with Crippen LogP contribution >= 0.6 is 0 Å². The number of nitrogens with two attached hydrogens (primary N) is 1. The number of aromatic nitrogens is 1. The molecule has 0 spiro atoms. The Bertz CT molecular complexity index is 453. The van der Waals surface area contributed by atoms with Crippen molar-refractivity contribution in [1.82, 2.24) is 4.98 Å². The minimum atomic E-state index is -4.42. The maximum atomic E-state index is 11.9. The van der Waals surface area contributed by atoms with E-state index in [-0.39, 0.29) is 18.2 Å². The van der Waals surface area contributed by atoms with Crippen LogP contribution in [0, 0.1) is 0 Å². The fourth-order valence-corrected chi connectivity index (χ4v) is 1.31. The number of ether oxygens (including phenoxy) is 1. The molecule has 1 amide bonds. The first-order chi connectivity index (χ1) is 9.05. The lowest BCUT2D eigenvalue weighted by molar-refractivity contribution is -0.154. The van der Waals surface area contributed by atoms with E-state index in [1.54, 1.807) is 13.8 Å². The largest absolute Gasteiger partial charge is 0.468 e. The number of anilines is 1. The number of amides is 1. The Morgan fingerprint density at radius 3 is 2.50 bits per heavy atom. The van der Waals surface area contributed by atoms with Crippen LogP contribution in [0.1, 0.15) is 20.3 Å². The third-order valence-electron chi connectivity index (χ3n) is 2.02. The van der Waals surface area contributed by atoms with E-state index in [0.29, 0.717) is 5.69 Å². The summed E-state index contributed by atoms with van der Waals surface area (Å²) in [6, 6.07) is 2.65. The summed E-state index contributed by atoms with van der Waals surface area (Å²) in [5, 5.41) is 2.54. The maximum absolute atomic E-state index is 11.9. The standard InChI is InChI=1S/C12H16F3N3O2/c1-11(2,16)5-9(19)18-8-3-4-10(17-6-8)20-7-12(13,14)15/h3-4,6H,5,7,16H2,1-2H3,(H,18,19). The summed E-state index contributed by atoms with van der Waals surface area (Å²) in [6.45, 7) is 2.00. The van der Waals surface area contributed by atoms with Gasteiger partial charge in [0.1, 0.15) is 0 Å². The van der Waals surface area contributed by atoms with Crippen LogP contribution in [-0.4, -0.2) is 29.2 Å². The van der Waals surface area contributed by atoms with E-state index in [1.165, 1.54) is 18.3 Å². The zero-order valence-corrected chi connectivity index (χ0v) is 11.1. The van der Waals surface area contributed by atoms with E-state index >= 15 is 0 Å². The number of pyridine rings is 1. The van der Waals surface area contributed by atoms with Crippen LogP contribution in [0.15, 0.2) is 18.3 Å². The zero-order valence-electron chi connectivity index (χ0n) is 11.1. The SMILES string of the molecule is CC(C)(N)CC(=O)Nc1ccc(OCC(F)(F)F)nc1. The summed E-state index contributed by atoms with van der Waals surface area (Å²) < 4.78 is 40.2. The van der Waals surface area contributed by atoms with Gasteiger partial charge in [-0.15, -0.1) is 0 Å². The summed E-state index contributed by atoms with van der Waals surface area (Å²) in [5.74, 6) is -0.470. The molecule has 0 radical (unpaired) electrons. The molecule has 0 bridgehead atoms. The average molecular weight is 291 g/mol. The molecule has 8 heteroatoms. The molecule has 112 valence electrons. The maximum Gasteiger partial charge on any atom is 0.422 e. The minimum Gasteiger partial charge on any atom is -0.468 e. The smallest absolute Gasteiger partial charge is 0.422 e. The van der Waals surface area contributed by atoms with Crippen molar-refractivity contribution in [2.45, 2.75) is 32.0 Å². The number of rotatable bonds is 5. The molecule has 0 saturated heterocycles. The van der Waals surface area contributed by atoms with E-state index in [4.69, 9.17) is 5.73 Å². The Labute approximate surface area is 114 Å². The molecule has 0 aliphatic carbocycles. The van der Waals surface area contributed by atoms with Crippen molar-refractivity contribution in [3.8, 4) is 5.88 Å². The average Bonchev–Trinajstić information content (AvgIpc) is 2.24. The van der Waals surface area contributed by atoms with Crippen molar-refractivity contribution in [1.29, 1.82) is 0 Å². The molecule has 0 aromatic carbocycles. The van der Waals surface area contributed by atoms with E-state index in [0.717, 1.165) is 0 Å². The van der Waals surface area contributed by atoms with Gasteiger partial charge in [-0.2, -0.15) is 13.2 Å². The number of carbonyl (C=O) groups excluding carboxylic acids is 1. The van der Waals surface area contributed by atoms with Crippen LogP contribution in [0.3, 0.4) is 0 Å². The summed E-state index contributed by atoms with van der Waals surface area (Å²) in [7, 11) is 0. The van der Waals surface area contributed by atoms with Crippen LogP contribution < -0.4 is 15.8 Å². The van der Waals surface area contributed by atoms with Gasteiger partial charge < -0.3 is 15.8 Å². The van der Waals surface area contributed by atoms with Crippen LogP contribution in [0.2, 0.25) is 0 Å². The van der Waals surface area contributed by atoms with Gasteiger partial charge in [0.2, 0.25) is 11.8 Å². The lowest BCUT2D eigenvalue weighted by Gasteiger charge is -2.17. The molecule has 1 aromatic heterocycles. The van der Waals surface area contributed by atoms with Crippen molar-refractivity contribution in [3.05, 3.63) is 18.3 Å². The van der Waals surface area contributed by atoms with E-state index in [9.17, 15) is 18.0 Å². The predicted octanol–water partition coefficient (Wildman–Crippen LogP) is 2.09. The highest BCUT2D eigenvalue weighted by atomic mass is 19.4. The predicted molar refractivity (Wildman–Crippen MR) is 67.3 cm³/mol. The van der Waals surface area contributed by atoms with E-state index in [2.05, 4.69) is 15.0 Å². The van der Waals surface area contributed by atoms with Gasteiger partial charge in [0.25, 0.3) is 0 Å². The van der Waals surface area contributed by atoms with Gasteiger partial charge in [0.05, 0.1) is 11.9 Å². The Morgan fingerprint density at radius 1 is 1.40 bits per heavy atom. The van der Waals surface area contributed by atoms with Crippen molar-refractivity contribution in [3.63, 3.8) is 0 Å². The number of carbonyl (C=O) groups is 1. The second kappa shape index (κ2) is 6.08. The highest BCUT2D eigenvalue weighted by Crippen LogP contribution is 2.18. The Hall–Kier alpha value is -1.83. The number of halogens is 3. The molecule has 1 rings (SSSR count). The Kier molecular flexibility index (Phi) is 4.93. The molecule has 0 saturated carbocycles. The van der Waals surface area contributed by atoms with Gasteiger partial charge in [-0.05, 0) is 19.9 Å². The van der Waals surface area contributed by atoms with Crippen molar-refractivity contribution in [2.24, 2.45) is 5.73 Å². The summed E-state index contributed by atoms with van der Waals surface area (Å²) >= 11 is 0.